The molecule has 52 valence electrons. The van der Waals surface area contributed by atoms with Crippen LogP contribution in [0.25, 0.3) is 0 Å². The molecule has 1 aromatic rings. The quantitative estimate of drug-likeness (QED) is 0.573. The minimum absolute atomic E-state index is 0.194. The highest BCUT2D eigenvalue weighted by Gasteiger charge is 2.01. The number of aromatic nitrogens is 1. The summed E-state index contributed by atoms with van der Waals surface area (Å²) >= 11 is 0. The van der Waals surface area contributed by atoms with E-state index in [1.54, 1.807) is 0 Å². The Balaban J connectivity index is 3.42. The molecule has 3 nitrogen and oxygen atoms in total. The van der Waals surface area contributed by atoms with Crippen LogP contribution in [0, 0.1) is 5.82 Å². The van der Waals surface area contributed by atoms with Crippen LogP contribution in [0.4, 0.5) is 4.39 Å². The third-order valence-corrected chi connectivity index (χ3v) is 1.05. The van der Waals surface area contributed by atoms with Gasteiger partial charge in [-0.1, -0.05) is 0 Å². The van der Waals surface area contributed by atoms with Crippen LogP contribution < -0.4 is 5.43 Å². The molecule has 0 bridgehead atoms. The van der Waals surface area contributed by atoms with E-state index in [0.29, 0.717) is 6.29 Å². The monoisotopic (exact) mass is 141 g/mol. The van der Waals surface area contributed by atoms with Gasteiger partial charge in [-0.05, 0) is 0 Å². The number of aromatic amines is 1. The van der Waals surface area contributed by atoms with Gasteiger partial charge in [-0.25, -0.2) is 4.39 Å². The lowest BCUT2D eigenvalue weighted by molar-refractivity contribution is 0.112. The number of hydrogen-bond donors (Lipinski definition) is 1. The van der Waals surface area contributed by atoms with Crippen molar-refractivity contribution in [1.82, 2.24) is 4.98 Å². The fraction of sp³-hybridized carbons (Fsp3) is 0. The number of rotatable bonds is 1. The van der Waals surface area contributed by atoms with E-state index in [4.69, 9.17) is 0 Å². The number of hydrogen-bond acceptors (Lipinski definition) is 2. The lowest BCUT2D eigenvalue weighted by Crippen LogP contribution is -2.11. The van der Waals surface area contributed by atoms with Crippen molar-refractivity contribution >= 4 is 6.29 Å². The van der Waals surface area contributed by atoms with E-state index < -0.39 is 11.2 Å². The Labute approximate surface area is 55.5 Å². The lowest BCUT2D eigenvalue weighted by Gasteiger charge is -1.87. The molecule has 0 amide bonds. The summed E-state index contributed by atoms with van der Waals surface area (Å²) in [6.45, 7) is 0. The van der Waals surface area contributed by atoms with Crippen LogP contribution >= 0.6 is 0 Å². The van der Waals surface area contributed by atoms with Crippen LogP contribution in [0.1, 0.15) is 10.4 Å². The molecule has 0 unspecified atom stereocenters. The Morgan fingerprint density at radius 3 is 2.70 bits per heavy atom. The van der Waals surface area contributed by atoms with Gasteiger partial charge < -0.3 is 4.98 Å². The topological polar surface area (TPSA) is 49.9 Å². The predicted octanol–water partition coefficient (Wildman–Crippen LogP) is 0.326. The number of carbonyl (C=O) groups is 1. The highest BCUT2D eigenvalue weighted by Crippen LogP contribution is 1.86. The molecule has 0 fully saturated rings. The predicted molar refractivity (Wildman–Crippen MR) is 32.4 cm³/mol. The van der Waals surface area contributed by atoms with Crippen molar-refractivity contribution in [2.75, 3.05) is 0 Å². The normalized spacial score (nSPS) is 9.30. The van der Waals surface area contributed by atoms with Gasteiger partial charge in [0.25, 0.3) is 0 Å². The molecule has 0 saturated carbocycles. The number of halogens is 1. The van der Waals surface area contributed by atoms with Crippen molar-refractivity contribution in [3.05, 3.63) is 34.0 Å². The van der Waals surface area contributed by atoms with Crippen molar-refractivity contribution in [3.63, 3.8) is 0 Å². The molecule has 0 spiro atoms. The average Bonchev–Trinajstić information content (AvgIpc) is 1.95. The van der Waals surface area contributed by atoms with Crippen molar-refractivity contribution in [1.29, 1.82) is 0 Å². The standard InChI is InChI=1S/C6H4FNO2/c7-5-2-8-1-4(3-9)6(5)10/h1-3H,(H,8,10). The largest absolute Gasteiger partial charge is 0.364 e. The first-order valence-corrected chi connectivity index (χ1v) is 2.57. The number of carbonyl (C=O) groups excluding carboxylic acids is 1. The second kappa shape index (κ2) is 2.43. The first-order valence-electron chi connectivity index (χ1n) is 2.57. The molecule has 0 aromatic carbocycles. The maximum absolute atomic E-state index is 12.3. The van der Waals surface area contributed by atoms with Crippen LogP contribution in [0.3, 0.4) is 0 Å². The second-order valence-electron chi connectivity index (χ2n) is 1.71. The number of nitrogens with one attached hydrogen (secondary N) is 1. The minimum Gasteiger partial charge on any atom is -0.364 e. The van der Waals surface area contributed by atoms with Crippen LogP contribution in [0.15, 0.2) is 17.2 Å². The van der Waals surface area contributed by atoms with Crippen LogP contribution in [0.5, 0.6) is 0 Å². The Hall–Kier alpha value is -1.45. The summed E-state index contributed by atoms with van der Waals surface area (Å²) in [6.07, 6.45) is 2.36. The maximum Gasteiger partial charge on any atom is 0.227 e. The number of pyridine rings is 1. The third kappa shape index (κ3) is 0.953. The van der Waals surface area contributed by atoms with Crippen molar-refractivity contribution in [3.8, 4) is 0 Å². The SMILES string of the molecule is O=Cc1c[nH]cc(F)c1=O. The molecule has 0 aliphatic heterocycles. The molecule has 1 N–H and O–H groups in total. The van der Waals surface area contributed by atoms with E-state index in [1.165, 1.54) is 0 Å². The molecular formula is C6H4FNO2. The van der Waals surface area contributed by atoms with Crippen LogP contribution in [-0.4, -0.2) is 11.3 Å². The van der Waals surface area contributed by atoms with E-state index in [9.17, 15) is 14.0 Å². The summed E-state index contributed by atoms with van der Waals surface area (Å²) < 4.78 is 12.3. The zero-order valence-electron chi connectivity index (χ0n) is 4.93. The zero-order valence-corrected chi connectivity index (χ0v) is 4.93. The van der Waals surface area contributed by atoms with E-state index >= 15 is 0 Å². The van der Waals surface area contributed by atoms with E-state index in [2.05, 4.69) is 4.98 Å². The molecular weight excluding hydrogens is 137 g/mol. The van der Waals surface area contributed by atoms with Crippen molar-refractivity contribution < 1.29 is 9.18 Å². The molecule has 0 saturated heterocycles. The van der Waals surface area contributed by atoms with E-state index in [0.717, 1.165) is 12.4 Å². The van der Waals surface area contributed by atoms with Gasteiger partial charge in [0, 0.05) is 12.4 Å². The lowest BCUT2D eigenvalue weighted by atomic mass is 10.3. The molecule has 10 heavy (non-hydrogen) atoms. The van der Waals surface area contributed by atoms with Crippen molar-refractivity contribution in [2.45, 2.75) is 0 Å². The highest BCUT2D eigenvalue weighted by atomic mass is 19.1. The van der Waals surface area contributed by atoms with Gasteiger partial charge in [0.05, 0.1) is 5.56 Å². The van der Waals surface area contributed by atoms with Gasteiger partial charge >= 0.3 is 0 Å². The maximum atomic E-state index is 12.3. The van der Waals surface area contributed by atoms with Gasteiger partial charge in [-0.2, -0.15) is 0 Å². The van der Waals surface area contributed by atoms with Crippen LogP contribution in [-0.2, 0) is 0 Å². The van der Waals surface area contributed by atoms with E-state index in [1.807, 2.05) is 0 Å². The fourth-order valence-electron chi connectivity index (χ4n) is 0.561. The van der Waals surface area contributed by atoms with Gasteiger partial charge in [0.15, 0.2) is 12.1 Å². The summed E-state index contributed by atoms with van der Waals surface area (Å²) in [5, 5.41) is 0. The Bertz CT molecular complexity index is 305. The average molecular weight is 141 g/mol. The summed E-state index contributed by atoms with van der Waals surface area (Å²) in [5.41, 5.74) is -1.06. The third-order valence-electron chi connectivity index (χ3n) is 1.05. The summed E-state index contributed by atoms with van der Waals surface area (Å²) in [6, 6.07) is 0. The molecule has 0 radical (unpaired) electrons. The van der Waals surface area contributed by atoms with E-state index in [-0.39, 0.29) is 5.56 Å². The fourth-order valence-corrected chi connectivity index (χ4v) is 0.561. The smallest absolute Gasteiger partial charge is 0.227 e. The minimum atomic E-state index is -0.940. The van der Waals surface area contributed by atoms with Gasteiger partial charge in [-0.15, -0.1) is 0 Å². The molecule has 1 heterocycles. The molecule has 0 atom stereocenters. The molecule has 1 aromatic heterocycles. The molecule has 0 aliphatic carbocycles. The number of H-pyrrole nitrogens is 1. The highest BCUT2D eigenvalue weighted by molar-refractivity contribution is 5.73. The van der Waals surface area contributed by atoms with Crippen molar-refractivity contribution in [2.24, 2.45) is 0 Å². The second-order valence-corrected chi connectivity index (χ2v) is 1.71. The Morgan fingerprint density at radius 1 is 1.50 bits per heavy atom. The van der Waals surface area contributed by atoms with Gasteiger partial charge in [-0.3, -0.25) is 9.59 Å². The first kappa shape index (κ1) is 6.67. The number of aldehydes is 1. The zero-order chi connectivity index (χ0) is 7.56. The summed E-state index contributed by atoms with van der Waals surface area (Å²) in [5.74, 6) is -0.940. The molecule has 4 heteroatoms. The van der Waals surface area contributed by atoms with Gasteiger partial charge in [0.2, 0.25) is 5.43 Å². The Kier molecular flexibility index (Phi) is 1.62. The van der Waals surface area contributed by atoms with Crippen LogP contribution in [0.2, 0.25) is 0 Å². The summed E-state index contributed by atoms with van der Waals surface area (Å²) in [4.78, 5) is 22.9. The molecule has 1 rings (SSSR count). The van der Waals surface area contributed by atoms with Gasteiger partial charge in [0.1, 0.15) is 0 Å². The first-order chi connectivity index (χ1) is 4.75. The Morgan fingerprint density at radius 2 is 2.20 bits per heavy atom. The summed E-state index contributed by atoms with van der Waals surface area (Å²) in [7, 11) is 0. The molecule has 0 aliphatic rings.